The number of thiophene rings is 1. The first-order chi connectivity index (χ1) is 13.5. The van der Waals surface area contributed by atoms with Gasteiger partial charge < -0.3 is 8.98 Å². The molecule has 7 nitrogen and oxygen atoms in total. The number of thioether (sulfide) groups is 1. The van der Waals surface area contributed by atoms with Crippen molar-refractivity contribution in [2.24, 2.45) is 7.05 Å². The predicted octanol–water partition coefficient (Wildman–Crippen LogP) is 3.99. The summed E-state index contributed by atoms with van der Waals surface area (Å²) in [5.74, 6) is -0.635. The Morgan fingerprint density at radius 2 is 2.07 bits per heavy atom. The summed E-state index contributed by atoms with van der Waals surface area (Å²) in [5.41, 5.74) is 0.401. The molecule has 0 aliphatic carbocycles. The number of rotatable bonds is 5. The SMILES string of the molecule is Cn1cccc1C(=O)NC(=O)CSc1nnc(-c2sc3ccccc3c2Cl)o1. The summed E-state index contributed by atoms with van der Waals surface area (Å²) >= 11 is 8.93. The molecule has 0 atom stereocenters. The summed E-state index contributed by atoms with van der Waals surface area (Å²) in [7, 11) is 1.73. The van der Waals surface area contributed by atoms with Gasteiger partial charge in [0.25, 0.3) is 17.0 Å². The highest BCUT2D eigenvalue weighted by Crippen LogP contribution is 2.41. The zero-order valence-electron chi connectivity index (χ0n) is 14.5. The van der Waals surface area contributed by atoms with Gasteiger partial charge in [-0.05, 0) is 18.2 Å². The number of halogens is 1. The van der Waals surface area contributed by atoms with E-state index in [1.54, 1.807) is 29.9 Å². The van der Waals surface area contributed by atoms with Gasteiger partial charge in [0, 0.05) is 23.3 Å². The van der Waals surface area contributed by atoms with E-state index in [9.17, 15) is 9.59 Å². The number of hydrogen-bond acceptors (Lipinski definition) is 7. The third kappa shape index (κ3) is 3.68. The lowest BCUT2D eigenvalue weighted by atomic mass is 10.2. The average Bonchev–Trinajstić information content (AvgIpc) is 3.39. The van der Waals surface area contributed by atoms with E-state index in [1.807, 2.05) is 24.3 Å². The van der Waals surface area contributed by atoms with E-state index in [4.69, 9.17) is 16.0 Å². The molecular weight excluding hydrogens is 420 g/mol. The first-order valence-corrected chi connectivity index (χ1v) is 10.3. The van der Waals surface area contributed by atoms with Crippen LogP contribution in [0.3, 0.4) is 0 Å². The maximum Gasteiger partial charge on any atom is 0.277 e. The molecule has 0 spiro atoms. The number of aromatic nitrogens is 3. The molecule has 1 aromatic carbocycles. The average molecular weight is 433 g/mol. The standard InChI is InChI=1S/C18H13ClN4O3S2/c1-23-8-4-6-11(23)16(25)20-13(24)9-27-18-22-21-17(26-18)15-14(19)10-5-2-3-7-12(10)28-15/h2-8H,9H2,1H3,(H,20,24,25). The number of amides is 2. The molecule has 0 fully saturated rings. The second-order valence-corrected chi connectivity index (χ2v) is 8.14. The number of imide groups is 1. The fourth-order valence-corrected chi connectivity index (χ4v) is 4.56. The number of nitrogens with one attached hydrogen (secondary N) is 1. The summed E-state index contributed by atoms with van der Waals surface area (Å²) < 4.78 is 8.28. The first-order valence-electron chi connectivity index (χ1n) is 8.12. The molecule has 0 saturated carbocycles. The van der Waals surface area contributed by atoms with Crippen LogP contribution in [0.25, 0.3) is 20.9 Å². The van der Waals surface area contributed by atoms with Crippen LogP contribution in [0.4, 0.5) is 0 Å². The second kappa shape index (κ2) is 7.78. The molecule has 28 heavy (non-hydrogen) atoms. The summed E-state index contributed by atoms with van der Waals surface area (Å²) in [6, 6.07) is 11.1. The molecule has 0 radical (unpaired) electrons. The lowest BCUT2D eigenvalue weighted by Gasteiger charge is -2.03. The van der Waals surface area contributed by atoms with Gasteiger partial charge in [0.1, 0.15) is 10.6 Å². The molecule has 3 aromatic heterocycles. The van der Waals surface area contributed by atoms with Crippen molar-refractivity contribution in [3.8, 4) is 10.8 Å². The van der Waals surface area contributed by atoms with Crippen LogP contribution in [-0.4, -0.2) is 32.3 Å². The number of fused-ring (bicyclic) bond motifs is 1. The normalized spacial score (nSPS) is 11.1. The molecule has 142 valence electrons. The van der Waals surface area contributed by atoms with Crippen molar-refractivity contribution >= 4 is 56.6 Å². The van der Waals surface area contributed by atoms with Gasteiger partial charge in [0.15, 0.2) is 0 Å². The Hall–Kier alpha value is -2.62. The minimum atomic E-state index is -0.457. The summed E-state index contributed by atoms with van der Waals surface area (Å²) in [6.45, 7) is 0. The number of aryl methyl sites for hydroxylation is 1. The highest BCUT2D eigenvalue weighted by molar-refractivity contribution is 7.99. The number of hydrogen-bond donors (Lipinski definition) is 1. The lowest BCUT2D eigenvalue weighted by Crippen LogP contribution is -2.32. The molecule has 2 amide bonds. The van der Waals surface area contributed by atoms with E-state index in [-0.39, 0.29) is 11.0 Å². The monoisotopic (exact) mass is 432 g/mol. The van der Waals surface area contributed by atoms with Crippen LogP contribution >= 0.6 is 34.7 Å². The molecule has 3 heterocycles. The van der Waals surface area contributed by atoms with Crippen LogP contribution < -0.4 is 5.32 Å². The Morgan fingerprint density at radius 1 is 1.25 bits per heavy atom. The van der Waals surface area contributed by atoms with Crippen molar-refractivity contribution in [2.75, 3.05) is 5.75 Å². The molecule has 1 N–H and O–H groups in total. The smallest absolute Gasteiger partial charge is 0.277 e. The molecule has 0 unspecified atom stereocenters. The largest absolute Gasteiger partial charge is 0.410 e. The maximum atomic E-state index is 12.0. The quantitative estimate of drug-likeness (QED) is 0.479. The Bertz CT molecular complexity index is 1180. The van der Waals surface area contributed by atoms with E-state index >= 15 is 0 Å². The van der Waals surface area contributed by atoms with Gasteiger partial charge in [-0.3, -0.25) is 14.9 Å². The van der Waals surface area contributed by atoms with Crippen molar-refractivity contribution in [1.29, 1.82) is 0 Å². The van der Waals surface area contributed by atoms with Gasteiger partial charge in [-0.15, -0.1) is 21.5 Å². The van der Waals surface area contributed by atoms with Gasteiger partial charge in [0.2, 0.25) is 5.91 Å². The van der Waals surface area contributed by atoms with Gasteiger partial charge in [0.05, 0.1) is 10.8 Å². The third-order valence-corrected chi connectivity index (χ3v) is 6.37. The topological polar surface area (TPSA) is 90.0 Å². The van der Waals surface area contributed by atoms with Gasteiger partial charge >= 0.3 is 0 Å². The van der Waals surface area contributed by atoms with Crippen LogP contribution in [-0.2, 0) is 11.8 Å². The summed E-state index contributed by atoms with van der Waals surface area (Å²) in [5, 5.41) is 12.0. The van der Waals surface area contributed by atoms with Gasteiger partial charge in [-0.25, -0.2) is 0 Å². The van der Waals surface area contributed by atoms with Crippen molar-refractivity contribution in [3.63, 3.8) is 0 Å². The van der Waals surface area contributed by atoms with Crippen molar-refractivity contribution in [3.05, 3.63) is 53.3 Å². The van der Waals surface area contributed by atoms with Gasteiger partial charge in [-0.2, -0.15) is 0 Å². The van der Waals surface area contributed by atoms with Crippen molar-refractivity contribution in [2.45, 2.75) is 5.22 Å². The van der Waals surface area contributed by atoms with Crippen LogP contribution in [0.5, 0.6) is 0 Å². The fraction of sp³-hybridized carbons (Fsp3) is 0.111. The van der Waals surface area contributed by atoms with Crippen LogP contribution in [0.2, 0.25) is 5.02 Å². The fourth-order valence-electron chi connectivity index (χ4n) is 2.56. The zero-order chi connectivity index (χ0) is 19.7. The van der Waals surface area contributed by atoms with Crippen molar-refractivity contribution < 1.29 is 14.0 Å². The van der Waals surface area contributed by atoms with Gasteiger partial charge in [-0.1, -0.05) is 41.6 Å². The number of carbonyl (C=O) groups is 2. The van der Waals surface area contributed by atoms with Crippen molar-refractivity contribution in [1.82, 2.24) is 20.1 Å². The first kappa shape index (κ1) is 18.7. The Morgan fingerprint density at radius 3 is 2.82 bits per heavy atom. The van der Waals surface area contributed by atoms with E-state index < -0.39 is 11.8 Å². The predicted molar refractivity (Wildman–Crippen MR) is 109 cm³/mol. The van der Waals surface area contributed by atoms with Crippen LogP contribution in [0, 0.1) is 0 Å². The second-order valence-electron chi connectivity index (χ2n) is 5.78. The number of nitrogens with zero attached hydrogens (tertiary/aromatic N) is 3. The molecular formula is C18H13ClN4O3S2. The van der Waals surface area contributed by atoms with E-state index in [0.717, 1.165) is 21.8 Å². The maximum absolute atomic E-state index is 12.0. The minimum Gasteiger partial charge on any atom is -0.410 e. The Labute approximate surface area is 172 Å². The van der Waals surface area contributed by atoms with E-state index in [0.29, 0.717) is 21.5 Å². The van der Waals surface area contributed by atoms with E-state index in [1.165, 1.54) is 11.3 Å². The zero-order valence-corrected chi connectivity index (χ0v) is 16.9. The summed E-state index contributed by atoms with van der Waals surface area (Å²) in [6.07, 6.45) is 1.73. The highest BCUT2D eigenvalue weighted by Gasteiger charge is 2.19. The van der Waals surface area contributed by atoms with Crippen LogP contribution in [0.15, 0.2) is 52.2 Å². The van der Waals surface area contributed by atoms with E-state index in [2.05, 4.69) is 15.5 Å². The number of benzene rings is 1. The Kier molecular flexibility index (Phi) is 5.21. The molecule has 0 aliphatic rings. The highest BCUT2D eigenvalue weighted by atomic mass is 35.5. The Balaban J connectivity index is 1.41. The molecule has 0 bridgehead atoms. The summed E-state index contributed by atoms with van der Waals surface area (Å²) in [4.78, 5) is 24.7. The van der Waals surface area contributed by atoms with Crippen LogP contribution in [0.1, 0.15) is 10.5 Å². The lowest BCUT2D eigenvalue weighted by molar-refractivity contribution is -0.117. The minimum absolute atomic E-state index is 0.0298. The molecule has 4 rings (SSSR count). The molecule has 0 saturated heterocycles. The number of carbonyl (C=O) groups excluding carboxylic acids is 2. The molecule has 10 heteroatoms. The molecule has 0 aliphatic heterocycles. The third-order valence-electron chi connectivity index (χ3n) is 3.89. The molecule has 4 aromatic rings.